The summed E-state index contributed by atoms with van der Waals surface area (Å²) in [5.41, 5.74) is 0. The van der Waals surface area contributed by atoms with E-state index in [0.717, 1.165) is 75.0 Å². The molecule has 2 heterocycles. The zero-order valence-electron chi connectivity index (χ0n) is 17.5. The first-order chi connectivity index (χ1) is 13.7. The van der Waals surface area contributed by atoms with Crippen molar-refractivity contribution in [3.05, 3.63) is 11.6 Å². The van der Waals surface area contributed by atoms with E-state index in [2.05, 4.69) is 32.3 Å². The predicted molar refractivity (Wildman–Crippen MR) is 115 cm³/mol. The van der Waals surface area contributed by atoms with Gasteiger partial charge in [0.15, 0.2) is 5.96 Å². The van der Waals surface area contributed by atoms with Crippen molar-refractivity contribution in [2.24, 2.45) is 4.99 Å². The molecule has 0 aromatic carbocycles. The predicted octanol–water partition coefficient (Wildman–Crippen LogP) is 2.18. The van der Waals surface area contributed by atoms with Crippen LogP contribution in [-0.2, 0) is 30.2 Å². The summed E-state index contributed by atoms with van der Waals surface area (Å²) in [6.45, 7) is 6.68. The van der Waals surface area contributed by atoms with Crippen molar-refractivity contribution in [3.8, 4) is 0 Å². The van der Waals surface area contributed by atoms with E-state index in [1.54, 1.807) is 0 Å². The second-order valence-corrected chi connectivity index (χ2v) is 9.81. The van der Waals surface area contributed by atoms with Crippen LogP contribution in [0.1, 0.15) is 70.4 Å². The van der Waals surface area contributed by atoms with Gasteiger partial charge in [0.05, 0.1) is 0 Å². The monoisotopic (exact) mass is 408 g/mol. The van der Waals surface area contributed by atoms with Crippen molar-refractivity contribution >= 4 is 16.8 Å². The third-order valence-electron chi connectivity index (χ3n) is 5.76. The minimum absolute atomic E-state index is 0.325. The van der Waals surface area contributed by atoms with Crippen LogP contribution in [0.2, 0.25) is 0 Å². The molecule has 1 fully saturated rings. The van der Waals surface area contributed by atoms with Crippen LogP contribution in [0.15, 0.2) is 4.99 Å². The number of hydrogen-bond donors (Lipinski definition) is 2. The minimum atomic E-state index is -0.700. The first kappa shape index (κ1) is 21.3. The molecule has 28 heavy (non-hydrogen) atoms. The van der Waals surface area contributed by atoms with Crippen LogP contribution in [-0.4, -0.2) is 55.1 Å². The zero-order valence-corrected chi connectivity index (χ0v) is 18.3. The normalized spacial score (nSPS) is 24.3. The fourth-order valence-electron chi connectivity index (χ4n) is 4.26. The Bertz CT molecular complexity index is 674. The highest BCUT2D eigenvalue weighted by Gasteiger charge is 2.26. The Balaban J connectivity index is 1.56. The van der Waals surface area contributed by atoms with Crippen molar-refractivity contribution in [3.63, 3.8) is 0 Å². The van der Waals surface area contributed by atoms with E-state index < -0.39 is 10.8 Å². The summed E-state index contributed by atoms with van der Waals surface area (Å²) in [7, 11) is -0.700. The number of hydrogen-bond acceptors (Lipinski definition) is 4. The third kappa shape index (κ3) is 5.78. The molecule has 0 saturated heterocycles. The van der Waals surface area contributed by atoms with Gasteiger partial charge in [0.2, 0.25) is 0 Å². The van der Waals surface area contributed by atoms with Crippen molar-refractivity contribution in [2.75, 3.05) is 18.8 Å². The van der Waals surface area contributed by atoms with Crippen LogP contribution in [0, 0.1) is 0 Å². The molecule has 0 radical (unpaired) electrons. The van der Waals surface area contributed by atoms with Crippen molar-refractivity contribution in [1.29, 1.82) is 0 Å². The van der Waals surface area contributed by atoms with Crippen molar-refractivity contribution < 1.29 is 4.21 Å². The van der Waals surface area contributed by atoms with Crippen molar-refractivity contribution in [2.45, 2.75) is 89.5 Å². The number of aliphatic imine (C=N–C) groups is 1. The lowest BCUT2D eigenvalue weighted by atomic mass is 9.95. The molecule has 3 atom stereocenters. The number of aromatic nitrogens is 3. The fourth-order valence-corrected chi connectivity index (χ4v) is 5.61. The lowest BCUT2D eigenvalue weighted by molar-refractivity contribution is 0.413. The lowest BCUT2D eigenvalue weighted by Gasteiger charge is -2.30. The highest BCUT2D eigenvalue weighted by Crippen LogP contribution is 2.23. The molecular formula is C20H36N6OS. The van der Waals surface area contributed by atoms with E-state index in [0.29, 0.717) is 17.8 Å². The Hall–Kier alpha value is -1.44. The zero-order chi connectivity index (χ0) is 19.8. The third-order valence-corrected chi connectivity index (χ3v) is 7.50. The van der Waals surface area contributed by atoms with Gasteiger partial charge in [0.25, 0.3) is 0 Å². The molecule has 8 heteroatoms. The average Bonchev–Trinajstić information content (AvgIpc) is 2.94. The minimum Gasteiger partial charge on any atom is -0.357 e. The van der Waals surface area contributed by atoms with E-state index >= 15 is 0 Å². The first-order valence-electron chi connectivity index (χ1n) is 11.0. The van der Waals surface area contributed by atoms with E-state index in [-0.39, 0.29) is 0 Å². The first-order valence-corrected chi connectivity index (χ1v) is 12.4. The Morgan fingerprint density at radius 2 is 2.11 bits per heavy atom. The standard InChI is InChI=1S/C20H36N6OS/c1-3-21-20(23-16-9-8-10-17(15-16)28(27)4-2)22-13-12-19-25-24-18-11-6-5-7-14-26(18)19/h16-17H,3-15H2,1-2H3,(H2,21,22,23). The molecule has 0 amide bonds. The van der Waals surface area contributed by atoms with Gasteiger partial charge in [-0.2, -0.15) is 0 Å². The second-order valence-electron chi connectivity index (χ2n) is 7.80. The Morgan fingerprint density at radius 1 is 1.21 bits per heavy atom. The van der Waals surface area contributed by atoms with Gasteiger partial charge in [0.1, 0.15) is 11.6 Å². The second kappa shape index (κ2) is 10.9. The number of rotatable bonds is 7. The Kier molecular flexibility index (Phi) is 8.30. The molecule has 1 saturated carbocycles. The molecule has 1 aliphatic carbocycles. The maximum atomic E-state index is 12.2. The molecule has 1 aliphatic heterocycles. The number of aryl methyl sites for hydroxylation is 1. The molecule has 3 rings (SSSR count). The summed E-state index contributed by atoms with van der Waals surface area (Å²) >= 11 is 0. The van der Waals surface area contributed by atoms with Crippen LogP contribution in [0.4, 0.5) is 0 Å². The number of nitrogens with zero attached hydrogens (tertiary/aromatic N) is 4. The molecule has 0 bridgehead atoms. The summed E-state index contributed by atoms with van der Waals surface area (Å²) < 4.78 is 14.5. The van der Waals surface area contributed by atoms with Crippen LogP contribution in [0.3, 0.4) is 0 Å². The van der Waals surface area contributed by atoms with Crippen molar-refractivity contribution in [1.82, 2.24) is 25.4 Å². The van der Waals surface area contributed by atoms with Gasteiger partial charge in [-0.25, -0.2) is 0 Å². The van der Waals surface area contributed by atoms with Gasteiger partial charge in [-0.15, -0.1) is 10.2 Å². The summed E-state index contributed by atoms with van der Waals surface area (Å²) in [4.78, 5) is 4.78. The molecule has 2 N–H and O–H groups in total. The molecule has 1 aromatic heterocycles. The highest BCUT2D eigenvalue weighted by atomic mass is 32.2. The molecule has 7 nitrogen and oxygen atoms in total. The van der Waals surface area contributed by atoms with Crippen LogP contribution < -0.4 is 10.6 Å². The number of fused-ring (bicyclic) bond motifs is 1. The molecular weight excluding hydrogens is 372 g/mol. The maximum absolute atomic E-state index is 12.2. The van der Waals surface area contributed by atoms with E-state index in [1.165, 1.54) is 19.3 Å². The number of guanidine groups is 1. The summed E-state index contributed by atoms with van der Waals surface area (Å²) in [6, 6.07) is 0.358. The smallest absolute Gasteiger partial charge is 0.191 e. The molecule has 0 spiro atoms. The summed E-state index contributed by atoms with van der Waals surface area (Å²) in [5.74, 6) is 3.83. The van der Waals surface area contributed by atoms with Crippen LogP contribution >= 0.6 is 0 Å². The summed E-state index contributed by atoms with van der Waals surface area (Å²) in [6.07, 6.45) is 9.90. The highest BCUT2D eigenvalue weighted by molar-refractivity contribution is 7.85. The average molecular weight is 409 g/mol. The van der Waals surface area contributed by atoms with Gasteiger partial charge in [-0.1, -0.05) is 19.8 Å². The number of nitrogens with one attached hydrogen (secondary N) is 2. The molecule has 3 unspecified atom stereocenters. The van der Waals surface area contributed by atoms with Gasteiger partial charge < -0.3 is 15.2 Å². The topological polar surface area (TPSA) is 84.2 Å². The fraction of sp³-hybridized carbons (Fsp3) is 0.850. The van der Waals surface area contributed by atoms with Gasteiger partial charge in [0, 0.05) is 60.3 Å². The molecule has 1 aromatic rings. The van der Waals surface area contributed by atoms with Crippen LogP contribution in [0.5, 0.6) is 0 Å². The van der Waals surface area contributed by atoms with Crippen LogP contribution in [0.25, 0.3) is 0 Å². The SMILES string of the molecule is CCNC(=NCCc1nnc2n1CCCCC2)NC1CCCC(S(=O)CC)C1. The molecule has 2 aliphatic rings. The van der Waals surface area contributed by atoms with E-state index in [1.807, 2.05) is 6.92 Å². The lowest BCUT2D eigenvalue weighted by Crippen LogP contribution is -2.46. The largest absolute Gasteiger partial charge is 0.357 e. The van der Waals surface area contributed by atoms with Gasteiger partial charge in [-0.05, 0) is 39.0 Å². The van der Waals surface area contributed by atoms with Gasteiger partial charge >= 0.3 is 0 Å². The van der Waals surface area contributed by atoms with E-state index in [4.69, 9.17) is 4.99 Å². The van der Waals surface area contributed by atoms with Gasteiger partial charge in [-0.3, -0.25) is 9.20 Å². The Labute approximate surface area is 171 Å². The molecule has 158 valence electrons. The van der Waals surface area contributed by atoms with E-state index in [9.17, 15) is 4.21 Å². The maximum Gasteiger partial charge on any atom is 0.191 e. The summed E-state index contributed by atoms with van der Waals surface area (Å²) in [5, 5.41) is 16.1. The Morgan fingerprint density at radius 3 is 2.93 bits per heavy atom. The quantitative estimate of drug-likeness (QED) is 0.534.